The Morgan fingerprint density at radius 3 is 1.33 bits per heavy atom. The smallest absolute Gasteiger partial charge is 0.162 e. The standard InChI is InChI=1S/C64H44N4S/c1-5-21-45(22-6-1)46-23-19-24-47(41-46)58-44-63(68-61-38-18-15-35-56(61)57-43-49(39-40-62(57)68)67-59-36-16-13-33-54(59)55-34-14-17-37-60(55)67)66-64(65-58)48-25-20-32-53(42-48)69(50-26-7-2-8-27-50,51-28-9-3-10-29-51)52-30-11-4-12-31-52/h1-44H. The summed E-state index contributed by atoms with van der Waals surface area (Å²) in [6.45, 7) is 0. The third kappa shape index (κ3) is 6.77. The summed E-state index contributed by atoms with van der Waals surface area (Å²) in [7, 11) is -1.96. The van der Waals surface area contributed by atoms with E-state index in [1.54, 1.807) is 0 Å². The lowest BCUT2D eigenvalue weighted by Gasteiger charge is -2.42. The van der Waals surface area contributed by atoms with Crippen LogP contribution >= 0.6 is 10.0 Å². The molecular weight excluding hydrogens is 857 g/mol. The van der Waals surface area contributed by atoms with E-state index in [0.717, 1.165) is 61.3 Å². The van der Waals surface area contributed by atoms with E-state index in [2.05, 4.69) is 276 Å². The van der Waals surface area contributed by atoms with Crippen molar-refractivity contribution in [3.63, 3.8) is 0 Å². The third-order valence-electron chi connectivity index (χ3n) is 13.4. The first-order valence-corrected chi connectivity index (χ1v) is 25.0. The van der Waals surface area contributed by atoms with Crippen molar-refractivity contribution in [1.29, 1.82) is 0 Å². The number of fused-ring (bicyclic) bond motifs is 6. The van der Waals surface area contributed by atoms with Crippen LogP contribution in [0.3, 0.4) is 0 Å². The number of nitrogens with zero attached hydrogens (tertiary/aromatic N) is 4. The van der Waals surface area contributed by atoms with Gasteiger partial charge in [0, 0.05) is 64.0 Å². The molecule has 326 valence electrons. The second-order valence-corrected chi connectivity index (χ2v) is 20.5. The molecule has 0 saturated heterocycles. The van der Waals surface area contributed by atoms with Gasteiger partial charge in [-0.15, -0.1) is 10.0 Å². The number of hydrogen-bond donors (Lipinski definition) is 0. The molecule has 0 aliphatic heterocycles. The molecule has 0 aliphatic rings. The highest BCUT2D eigenvalue weighted by Crippen LogP contribution is 2.73. The zero-order valence-corrected chi connectivity index (χ0v) is 38.4. The van der Waals surface area contributed by atoms with Gasteiger partial charge in [0.05, 0.1) is 27.8 Å². The van der Waals surface area contributed by atoms with Gasteiger partial charge in [0.15, 0.2) is 5.82 Å². The summed E-state index contributed by atoms with van der Waals surface area (Å²) in [5, 5.41) is 4.80. The summed E-state index contributed by atoms with van der Waals surface area (Å²) in [6, 6.07) is 96.4. The van der Waals surface area contributed by atoms with Crippen molar-refractivity contribution in [2.24, 2.45) is 0 Å². The summed E-state index contributed by atoms with van der Waals surface area (Å²) >= 11 is 0. The molecule has 3 aromatic heterocycles. The van der Waals surface area contributed by atoms with E-state index < -0.39 is 10.0 Å². The van der Waals surface area contributed by atoms with Crippen LogP contribution in [0.25, 0.3) is 88.9 Å². The molecule has 5 heteroatoms. The SMILES string of the molecule is c1ccc(-c2cccc(-c3cc(-n4c5ccccc5c5cc(-n6c7ccccc7c7ccccc76)ccc54)nc(-c4cccc(S(c5ccccc5)(c5ccccc5)c5ccccc5)c4)n3)c2)cc1. The van der Waals surface area contributed by atoms with Gasteiger partial charge in [0.1, 0.15) is 5.82 Å². The second kappa shape index (κ2) is 16.8. The highest BCUT2D eigenvalue weighted by Gasteiger charge is 2.33. The molecule has 0 N–H and O–H groups in total. The van der Waals surface area contributed by atoms with Crippen LogP contribution in [-0.4, -0.2) is 19.1 Å². The highest BCUT2D eigenvalue weighted by molar-refractivity contribution is 8.34. The molecule has 0 atom stereocenters. The van der Waals surface area contributed by atoms with Crippen molar-refractivity contribution in [3.8, 4) is 45.3 Å². The molecule has 13 aromatic rings. The van der Waals surface area contributed by atoms with Crippen molar-refractivity contribution in [2.75, 3.05) is 0 Å². The van der Waals surface area contributed by atoms with Crippen LogP contribution in [0.1, 0.15) is 0 Å². The largest absolute Gasteiger partial charge is 0.309 e. The highest BCUT2D eigenvalue weighted by atomic mass is 32.3. The molecule has 0 amide bonds. The summed E-state index contributed by atoms with van der Waals surface area (Å²) in [4.78, 5) is 16.1. The number of benzene rings is 10. The van der Waals surface area contributed by atoms with Crippen LogP contribution in [-0.2, 0) is 0 Å². The molecule has 0 radical (unpaired) electrons. The van der Waals surface area contributed by atoms with Gasteiger partial charge in [0.2, 0.25) is 0 Å². The van der Waals surface area contributed by atoms with Crippen molar-refractivity contribution in [2.45, 2.75) is 19.6 Å². The van der Waals surface area contributed by atoms with Crippen LogP contribution in [0.2, 0.25) is 0 Å². The van der Waals surface area contributed by atoms with Crippen molar-refractivity contribution in [3.05, 3.63) is 267 Å². The van der Waals surface area contributed by atoms with Gasteiger partial charge in [-0.3, -0.25) is 4.57 Å². The zero-order chi connectivity index (χ0) is 45.7. The molecule has 69 heavy (non-hydrogen) atoms. The van der Waals surface area contributed by atoms with Gasteiger partial charge in [-0.2, -0.15) is 0 Å². The van der Waals surface area contributed by atoms with Crippen molar-refractivity contribution >= 4 is 53.6 Å². The third-order valence-corrected chi connectivity index (χ3v) is 17.3. The predicted octanol–water partition coefficient (Wildman–Crippen LogP) is 17.0. The van der Waals surface area contributed by atoms with E-state index in [0.29, 0.717) is 5.82 Å². The Kier molecular flexibility index (Phi) is 9.88. The number of para-hydroxylation sites is 3. The van der Waals surface area contributed by atoms with Crippen LogP contribution < -0.4 is 0 Å². The van der Waals surface area contributed by atoms with Gasteiger partial charge in [-0.05, 0) is 102 Å². The summed E-state index contributed by atoms with van der Waals surface area (Å²) in [5.41, 5.74) is 10.7. The first kappa shape index (κ1) is 40.5. The van der Waals surface area contributed by atoms with Gasteiger partial charge in [0.25, 0.3) is 0 Å². The Bertz CT molecular complexity index is 3860. The molecule has 4 nitrogen and oxygen atoms in total. The van der Waals surface area contributed by atoms with E-state index in [4.69, 9.17) is 9.97 Å². The molecule has 0 aliphatic carbocycles. The minimum absolute atomic E-state index is 0.657. The fourth-order valence-electron chi connectivity index (χ4n) is 10.4. The Morgan fingerprint density at radius 1 is 0.275 bits per heavy atom. The van der Waals surface area contributed by atoms with Gasteiger partial charge < -0.3 is 4.57 Å². The quantitative estimate of drug-likeness (QED) is 0.145. The van der Waals surface area contributed by atoms with Crippen LogP contribution in [0.5, 0.6) is 0 Å². The van der Waals surface area contributed by atoms with Crippen LogP contribution in [0, 0.1) is 0 Å². The van der Waals surface area contributed by atoms with Gasteiger partial charge >= 0.3 is 0 Å². The zero-order valence-electron chi connectivity index (χ0n) is 37.6. The fraction of sp³-hybridized carbons (Fsp3) is 0. The number of hydrogen-bond acceptors (Lipinski definition) is 2. The topological polar surface area (TPSA) is 35.6 Å². The minimum Gasteiger partial charge on any atom is -0.309 e. The molecule has 0 unspecified atom stereocenters. The van der Waals surface area contributed by atoms with Crippen LogP contribution in [0.15, 0.2) is 287 Å². The summed E-state index contributed by atoms with van der Waals surface area (Å²) < 4.78 is 4.72. The molecule has 0 spiro atoms. The lowest BCUT2D eigenvalue weighted by Crippen LogP contribution is -2.06. The normalized spacial score (nSPS) is 12.0. The molecule has 3 heterocycles. The maximum absolute atomic E-state index is 5.60. The molecule has 10 aromatic carbocycles. The Labute approximate surface area is 402 Å². The minimum atomic E-state index is -1.96. The maximum Gasteiger partial charge on any atom is 0.162 e. The van der Waals surface area contributed by atoms with E-state index >= 15 is 0 Å². The second-order valence-electron chi connectivity index (χ2n) is 17.4. The summed E-state index contributed by atoms with van der Waals surface area (Å²) in [6.07, 6.45) is 0. The van der Waals surface area contributed by atoms with Crippen LogP contribution in [0.4, 0.5) is 0 Å². The number of aromatic nitrogens is 4. The Balaban J connectivity index is 1.05. The molecule has 0 bridgehead atoms. The van der Waals surface area contributed by atoms with Gasteiger partial charge in [-0.1, -0.05) is 170 Å². The van der Waals surface area contributed by atoms with E-state index in [1.807, 2.05) is 0 Å². The lowest BCUT2D eigenvalue weighted by atomic mass is 10.0. The Morgan fingerprint density at radius 2 is 0.725 bits per heavy atom. The molecule has 0 fully saturated rings. The molecule has 13 rings (SSSR count). The molecule has 0 saturated carbocycles. The lowest BCUT2D eigenvalue weighted by molar-refractivity contribution is 1.05. The average molecular weight is 901 g/mol. The predicted molar refractivity (Wildman–Crippen MR) is 287 cm³/mol. The first-order chi connectivity index (χ1) is 34.2. The monoisotopic (exact) mass is 900 g/mol. The average Bonchev–Trinajstić information content (AvgIpc) is 3.95. The first-order valence-electron chi connectivity index (χ1n) is 23.4. The van der Waals surface area contributed by atoms with E-state index in [-0.39, 0.29) is 0 Å². The number of rotatable bonds is 9. The summed E-state index contributed by atoms with van der Waals surface area (Å²) in [5.74, 6) is 1.46. The molecular formula is C64H44N4S. The maximum atomic E-state index is 5.60. The van der Waals surface area contributed by atoms with E-state index in [9.17, 15) is 0 Å². The Hall–Kier alpha value is -8.77. The van der Waals surface area contributed by atoms with Gasteiger partial charge in [-0.25, -0.2) is 9.97 Å². The van der Waals surface area contributed by atoms with E-state index in [1.165, 1.54) is 41.4 Å². The van der Waals surface area contributed by atoms with Crippen molar-refractivity contribution in [1.82, 2.24) is 19.1 Å². The van der Waals surface area contributed by atoms with Crippen molar-refractivity contribution < 1.29 is 0 Å². The fourth-order valence-corrected chi connectivity index (χ4v) is 14.3.